The summed E-state index contributed by atoms with van der Waals surface area (Å²) < 4.78 is 5.20. The van der Waals surface area contributed by atoms with Gasteiger partial charge < -0.3 is 19.5 Å². The predicted octanol–water partition coefficient (Wildman–Crippen LogP) is 3.43. The van der Waals surface area contributed by atoms with Gasteiger partial charge in [-0.1, -0.05) is 6.07 Å². The fourth-order valence-electron chi connectivity index (χ4n) is 3.21. The predicted molar refractivity (Wildman–Crippen MR) is 121 cm³/mol. The molecule has 0 radical (unpaired) electrons. The molecule has 9 heteroatoms. The third-order valence-corrected chi connectivity index (χ3v) is 5.83. The van der Waals surface area contributed by atoms with Gasteiger partial charge in [0, 0.05) is 37.6 Å². The average Bonchev–Trinajstić information content (AvgIpc) is 3.48. The molecule has 1 aromatic carbocycles. The second-order valence-electron chi connectivity index (χ2n) is 6.69. The number of thiophene rings is 1. The van der Waals surface area contributed by atoms with Crippen molar-refractivity contribution in [3.05, 3.63) is 70.8 Å². The van der Waals surface area contributed by atoms with Gasteiger partial charge in [-0.2, -0.15) is 0 Å². The van der Waals surface area contributed by atoms with Crippen molar-refractivity contribution in [2.45, 2.75) is 0 Å². The van der Waals surface area contributed by atoms with Crippen molar-refractivity contribution in [2.24, 2.45) is 0 Å². The largest absolute Gasteiger partial charge is 0.459 e. The van der Waals surface area contributed by atoms with Gasteiger partial charge >= 0.3 is 0 Å². The maximum atomic E-state index is 12.4. The van der Waals surface area contributed by atoms with E-state index in [1.807, 2.05) is 35.7 Å². The summed E-state index contributed by atoms with van der Waals surface area (Å²) in [6, 6.07) is 14.8. The first-order valence-electron chi connectivity index (χ1n) is 9.44. The summed E-state index contributed by atoms with van der Waals surface area (Å²) in [5, 5.41) is 7.80. The minimum Gasteiger partial charge on any atom is -0.459 e. The van der Waals surface area contributed by atoms with Crippen LogP contribution in [0.15, 0.2) is 64.6 Å². The van der Waals surface area contributed by atoms with Crippen LogP contribution in [-0.4, -0.2) is 48.0 Å². The van der Waals surface area contributed by atoms with E-state index in [1.54, 1.807) is 23.1 Å². The Morgan fingerprint density at radius 3 is 2.40 bits per heavy atom. The zero-order valence-electron chi connectivity index (χ0n) is 16.0. The molecule has 0 aliphatic carbocycles. The van der Waals surface area contributed by atoms with Gasteiger partial charge in [0.25, 0.3) is 11.8 Å². The van der Waals surface area contributed by atoms with Crippen molar-refractivity contribution >= 4 is 51.9 Å². The van der Waals surface area contributed by atoms with Crippen LogP contribution in [0.25, 0.3) is 0 Å². The van der Waals surface area contributed by atoms with Crippen LogP contribution in [-0.2, 0) is 0 Å². The second kappa shape index (κ2) is 9.10. The fraction of sp³-hybridized carbons (Fsp3) is 0.190. The molecule has 7 nitrogen and oxygen atoms in total. The van der Waals surface area contributed by atoms with E-state index in [-0.39, 0.29) is 16.9 Å². The summed E-state index contributed by atoms with van der Waals surface area (Å²) in [6.45, 7) is 2.76. The molecule has 154 valence electrons. The van der Waals surface area contributed by atoms with E-state index in [1.165, 1.54) is 17.6 Å². The van der Waals surface area contributed by atoms with Crippen LogP contribution in [0.5, 0.6) is 0 Å². The van der Waals surface area contributed by atoms with E-state index in [0.717, 1.165) is 24.5 Å². The van der Waals surface area contributed by atoms with E-state index in [9.17, 15) is 9.59 Å². The molecule has 0 atom stereocenters. The Kier molecular flexibility index (Phi) is 6.10. The summed E-state index contributed by atoms with van der Waals surface area (Å²) in [4.78, 5) is 29.1. The topological polar surface area (TPSA) is 77.8 Å². The number of amides is 2. The summed E-state index contributed by atoms with van der Waals surface area (Å²) in [5.41, 5.74) is 1.86. The monoisotopic (exact) mass is 440 g/mol. The summed E-state index contributed by atoms with van der Waals surface area (Å²) in [5.74, 6) is 0.0828. The van der Waals surface area contributed by atoms with Gasteiger partial charge in [0.05, 0.1) is 11.1 Å². The second-order valence-corrected chi connectivity index (χ2v) is 8.04. The minimum absolute atomic E-state index is 0.0719. The molecule has 2 N–H and O–H groups in total. The number of rotatable bonds is 4. The highest BCUT2D eigenvalue weighted by atomic mass is 32.1. The SMILES string of the molecule is O=C(NC(=S)Nc1ccc(N2CCN(C(=O)c3ccco3)CC2)cc1)c1cccs1. The molecule has 30 heavy (non-hydrogen) atoms. The highest BCUT2D eigenvalue weighted by Crippen LogP contribution is 2.20. The molecule has 2 amide bonds. The van der Waals surface area contributed by atoms with Gasteiger partial charge in [-0.05, 0) is 60.1 Å². The number of furan rings is 1. The van der Waals surface area contributed by atoms with Crippen LogP contribution in [0.2, 0.25) is 0 Å². The van der Waals surface area contributed by atoms with Gasteiger partial charge in [0.15, 0.2) is 10.9 Å². The van der Waals surface area contributed by atoms with E-state index in [0.29, 0.717) is 23.7 Å². The molecule has 1 saturated heterocycles. The molecule has 0 bridgehead atoms. The van der Waals surface area contributed by atoms with E-state index < -0.39 is 0 Å². The molecule has 4 rings (SSSR count). The van der Waals surface area contributed by atoms with Crippen molar-refractivity contribution in [2.75, 3.05) is 36.4 Å². The Morgan fingerprint density at radius 1 is 1.00 bits per heavy atom. The van der Waals surface area contributed by atoms with Gasteiger partial charge in [-0.25, -0.2) is 0 Å². The van der Waals surface area contributed by atoms with Crippen LogP contribution in [0.4, 0.5) is 11.4 Å². The van der Waals surface area contributed by atoms with Crippen LogP contribution in [0.3, 0.4) is 0 Å². The lowest BCUT2D eigenvalue weighted by Crippen LogP contribution is -2.48. The van der Waals surface area contributed by atoms with Crippen molar-refractivity contribution in [3.8, 4) is 0 Å². The summed E-state index contributed by atoms with van der Waals surface area (Å²) in [7, 11) is 0. The van der Waals surface area contributed by atoms with E-state index in [2.05, 4.69) is 15.5 Å². The van der Waals surface area contributed by atoms with Crippen molar-refractivity contribution in [1.82, 2.24) is 10.2 Å². The zero-order valence-corrected chi connectivity index (χ0v) is 17.7. The Labute approximate surface area is 183 Å². The molecule has 3 heterocycles. The first-order chi connectivity index (χ1) is 14.6. The molecule has 1 aliphatic rings. The lowest BCUT2D eigenvalue weighted by molar-refractivity contribution is 0.0714. The number of anilines is 2. The van der Waals surface area contributed by atoms with Crippen LogP contribution in [0, 0.1) is 0 Å². The molecular weight excluding hydrogens is 420 g/mol. The minimum atomic E-state index is -0.221. The van der Waals surface area contributed by atoms with E-state index >= 15 is 0 Å². The number of hydrogen-bond donors (Lipinski definition) is 2. The van der Waals surface area contributed by atoms with Crippen molar-refractivity contribution in [3.63, 3.8) is 0 Å². The zero-order chi connectivity index (χ0) is 20.9. The smallest absolute Gasteiger partial charge is 0.289 e. The van der Waals surface area contributed by atoms with E-state index in [4.69, 9.17) is 16.6 Å². The third-order valence-electron chi connectivity index (χ3n) is 4.76. The molecule has 3 aromatic rings. The number of thiocarbonyl (C=S) groups is 1. The van der Waals surface area contributed by atoms with Gasteiger partial charge in [0.1, 0.15) is 0 Å². The number of hydrogen-bond acceptors (Lipinski definition) is 6. The van der Waals surface area contributed by atoms with Crippen molar-refractivity contribution in [1.29, 1.82) is 0 Å². The Morgan fingerprint density at radius 2 is 1.77 bits per heavy atom. The normalized spacial score (nSPS) is 13.7. The van der Waals surface area contributed by atoms with Crippen LogP contribution >= 0.6 is 23.6 Å². The lowest BCUT2D eigenvalue weighted by atomic mass is 10.2. The first kappa shape index (κ1) is 20.1. The lowest BCUT2D eigenvalue weighted by Gasteiger charge is -2.35. The summed E-state index contributed by atoms with van der Waals surface area (Å²) >= 11 is 6.58. The standard InChI is InChI=1S/C21H20N4O3S2/c26-19(18-4-2-14-30-18)23-21(29)22-15-5-7-16(8-6-15)24-9-11-25(12-10-24)20(27)17-3-1-13-28-17/h1-8,13-14H,9-12H2,(H2,22,23,26,29). The number of carbonyl (C=O) groups is 2. The number of nitrogens with zero attached hydrogens (tertiary/aromatic N) is 2. The Bertz CT molecular complexity index is 1010. The van der Waals surface area contributed by atoms with Gasteiger partial charge in [-0.3, -0.25) is 14.9 Å². The molecule has 1 fully saturated rings. The molecule has 1 aliphatic heterocycles. The average molecular weight is 441 g/mol. The number of carbonyl (C=O) groups excluding carboxylic acids is 2. The number of nitrogens with one attached hydrogen (secondary N) is 2. The number of piperazine rings is 1. The molecule has 2 aromatic heterocycles. The molecule has 0 saturated carbocycles. The maximum Gasteiger partial charge on any atom is 0.289 e. The third kappa shape index (κ3) is 4.69. The van der Waals surface area contributed by atoms with Gasteiger partial charge in [-0.15, -0.1) is 11.3 Å². The maximum absolute atomic E-state index is 12.4. The molecule has 0 spiro atoms. The van der Waals surface area contributed by atoms with Crippen LogP contribution in [0.1, 0.15) is 20.2 Å². The quantitative estimate of drug-likeness (QED) is 0.606. The molecular formula is C21H20N4O3S2. The molecule has 0 unspecified atom stereocenters. The van der Waals surface area contributed by atoms with Crippen LogP contribution < -0.4 is 15.5 Å². The Hall–Kier alpha value is -3.17. The first-order valence-corrected chi connectivity index (χ1v) is 10.7. The van der Waals surface area contributed by atoms with Gasteiger partial charge in [0.2, 0.25) is 0 Å². The highest BCUT2D eigenvalue weighted by molar-refractivity contribution is 7.80. The highest BCUT2D eigenvalue weighted by Gasteiger charge is 2.23. The Balaban J connectivity index is 1.28. The van der Waals surface area contributed by atoms with Crippen molar-refractivity contribution < 1.29 is 14.0 Å². The summed E-state index contributed by atoms with van der Waals surface area (Å²) in [6.07, 6.45) is 1.51. The fourth-order valence-corrected chi connectivity index (χ4v) is 4.04. The number of benzene rings is 1.